The van der Waals surface area contributed by atoms with Crippen LogP contribution < -0.4 is 5.32 Å². The average Bonchev–Trinajstić information content (AvgIpc) is 2.61. The molecule has 132 valence electrons. The van der Waals surface area contributed by atoms with Gasteiger partial charge in [-0.15, -0.1) is 0 Å². The van der Waals surface area contributed by atoms with E-state index in [1.54, 1.807) is 0 Å². The summed E-state index contributed by atoms with van der Waals surface area (Å²) in [5, 5.41) is 13.9. The summed E-state index contributed by atoms with van der Waals surface area (Å²) in [6, 6.07) is 9.01. The molecule has 24 heavy (non-hydrogen) atoms. The summed E-state index contributed by atoms with van der Waals surface area (Å²) in [5.74, 6) is -0.121. The summed E-state index contributed by atoms with van der Waals surface area (Å²) in [5.41, 5.74) is 1.29. The van der Waals surface area contributed by atoms with Gasteiger partial charge >= 0.3 is 5.97 Å². The summed E-state index contributed by atoms with van der Waals surface area (Å²) >= 11 is 6.23. The molecule has 0 heterocycles. The fourth-order valence-corrected chi connectivity index (χ4v) is 4.63. The van der Waals surface area contributed by atoms with Gasteiger partial charge in [0.1, 0.15) is 0 Å². The van der Waals surface area contributed by atoms with Crippen molar-refractivity contribution in [3.05, 3.63) is 34.9 Å². The summed E-state index contributed by atoms with van der Waals surface area (Å²) in [6.07, 6.45) is 10.0. The first-order chi connectivity index (χ1) is 11.6. The van der Waals surface area contributed by atoms with Crippen molar-refractivity contribution < 1.29 is 9.90 Å². The number of benzene rings is 1. The van der Waals surface area contributed by atoms with E-state index >= 15 is 0 Å². The van der Waals surface area contributed by atoms with Crippen molar-refractivity contribution in [2.75, 3.05) is 0 Å². The molecule has 0 spiro atoms. The first-order valence-corrected chi connectivity index (χ1v) is 9.75. The fraction of sp³-hybridized carbons (Fsp3) is 0.650. The molecule has 2 saturated carbocycles. The van der Waals surface area contributed by atoms with Gasteiger partial charge < -0.3 is 10.4 Å². The quantitative estimate of drug-likeness (QED) is 0.768. The molecule has 1 aromatic carbocycles. The third-order valence-electron chi connectivity index (χ3n) is 5.82. The Balaban J connectivity index is 1.69. The van der Waals surface area contributed by atoms with Gasteiger partial charge in [-0.25, -0.2) is 0 Å². The lowest BCUT2D eigenvalue weighted by molar-refractivity contribution is -0.142. The van der Waals surface area contributed by atoms with Gasteiger partial charge in [0.25, 0.3) is 0 Å². The van der Waals surface area contributed by atoms with Gasteiger partial charge in [-0.05, 0) is 62.1 Å². The highest BCUT2D eigenvalue weighted by Crippen LogP contribution is 2.37. The molecule has 3 rings (SSSR count). The zero-order valence-corrected chi connectivity index (χ0v) is 15.0. The van der Waals surface area contributed by atoms with E-state index in [1.165, 1.54) is 37.7 Å². The molecule has 0 saturated heterocycles. The van der Waals surface area contributed by atoms with Crippen LogP contribution in [0.5, 0.6) is 0 Å². The van der Waals surface area contributed by atoms with Crippen LogP contribution in [0.3, 0.4) is 0 Å². The van der Waals surface area contributed by atoms with Crippen molar-refractivity contribution in [3.8, 4) is 0 Å². The fourth-order valence-electron chi connectivity index (χ4n) is 4.43. The van der Waals surface area contributed by atoms with E-state index < -0.39 is 5.97 Å². The topological polar surface area (TPSA) is 49.3 Å². The molecule has 0 radical (unpaired) electrons. The Morgan fingerprint density at radius 2 is 1.79 bits per heavy atom. The van der Waals surface area contributed by atoms with Crippen LogP contribution in [0.25, 0.3) is 0 Å². The van der Waals surface area contributed by atoms with Crippen LogP contribution in [-0.4, -0.2) is 17.1 Å². The molecule has 0 aliphatic heterocycles. The molecule has 2 fully saturated rings. The van der Waals surface area contributed by atoms with Crippen molar-refractivity contribution in [2.45, 2.75) is 69.9 Å². The average molecular weight is 350 g/mol. The summed E-state index contributed by atoms with van der Waals surface area (Å²) in [6.45, 7) is 0. The zero-order chi connectivity index (χ0) is 16.9. The minimum Gasteiger partial charge on any atom is -0.481 e. The van der Waals surface area contributed by atoms with Gasteiger partial charge in [0.15, 0.2) is 0 Å². The largest absolute Gasteiger partial charge is 0.481 e. The predicted octanol–water partition coefficient (Wildman–Crippen LogP) is 5.19. The second-order valence-corrected chi connectivity index (χ2v) is 7.92. The van der Waals surface area contributed by atoms with Gasteiger partial charge in [-0.3, -0.25) is 4.79 Å². The highest BCUT2D eigenvalue weighted by Gasteiger charge is 2.31. The summed E-state index contributed by atoms with van der Waals surface area (Å²) in [7, 11) is 0. The number of carboxylic acids is 1. The molecule has 1 aromatic rings. The van der Waals surface area contributed by atoms with Gasteiger partial charge in [0, 0.05) is 17.1 Å². The number of carboxylic acid groups (broad SMARTS) is 1. The first-order valence-electron chi connectivity index (χ1n) is 9.38. The molecule has 2 aliphatic rings. The Morgan fingerprint density at radius 1 is 1.08 bits per heavy atom. The van der Waals surface area contributed by atoms with E-state index in [1.807, 2.05) is 12.1 Å². The van der Waals surface area contributed by atoms with Crippen LogP contribution in [0.1, 0.15) is 69.4 Å². The highest BCUT2D eigenvalue weighted by molar-refractivity contribution is 6.30. The molecule has 0 amide bonds. The summed E-state index contributed by atoms with van der Waals surface area (Å²) in [4.78, 5) is 11.2. The molecule has 2 N–H and O–H groups in total. The standard InChI is InChI=1S/C20H28ClNO2/c21-17-8-4-7-16(13-17)19(14-5-2-1-3-6-14)22-18-11-9-15(10-12-18)20(23)24/h4,7-8,13-15,18-19,22H,1-3,5-6,9-12H2,(H,23,24). The van der Waals surface area contributed by atoms with Crippen molar-refractivity contribution in [1.29, 1.82) is 0 Å². The van der Waals surface area contributed by atoms with Crippen molar-refractivity contribution in [1.82, 2.24) is 5.32 Å². The number of halogens is 1. The second kappa shape index (κ2) is 8.35. The smallest absolute Gasteiger partial charge is 0.306 e. The molecule has 4 heteroatoms. The van der Waals surface area contributed by atoms with Crippen LogP contribution in [0.2, 0.25) is 5.02 Å². The number of hydrogen-bond acceptors (Lipinski definition) is 2. The normalized spacial score (nSPS) is 26.9. The van der Waals surface area contributed by atoms with E-state index in [-0.39, 0.29) is 5.92 Å². The van der Waals surface area contributed by atoms with Crippen molar-refractivity contribution in [2.24, 2.45) is 11.8 Å². The molecule has 1 unspecified atom stereocenters. The maximum Gasteiger partial charge on any atom is 0.306 e. The highest BCUT2D eigenvalue weighted by atomic mass is 35.5. The van der Waals surface area contributed by atoms with Gasteiger partial charge in [-0.1, -0.05) is 43.0 Å². The number of aliphatic carboxylic acids is 1. The Hall–Kier alpha value is -1.06. The van der Waals surface area contributed by atoms with Crippen LogP contribution in [0.4, 0.5) is 0 Å². The summed E-state index contributed by atoms with van der Waals surface area (Å²) < 4.78 is 0. The third kappa shape index (κ3) is 4.52. The third-order valence-corrected chi connectivity index (χ3v) is 6.06. The van der Waals surface area contributed by atoms with Gasteiger partial charge in [0.05, 0.1) is 5.92 Å². The monoisotopic (exact) mass is 349 g/mol. The van der Waals surface area contributed by atoms with Crippen LogP contribution in [-0.2, 0) is 4.79 Å². The molecule has 2 aliphatic carbocycles. The lowest BCUT2D eigenvalue weighted by Crippen LogP contribution is -2.40. The molecule has 1 atom stereocenters. The Kier molecular flexibility index (Phi) is 6.18. The maximum atomic E-state index is 11.2. The van der Waals surface area contributed by atoms with Gasteiger partial charge in [0.2, 0.25) is 0 Å². The minimum absolute atomic E-state index is 0.151. The lowest BCUT2D eigenvalue weighted by atomic mass is 9.79. The molecule has 3 nitrogen and oxygen atoms in total. The predicted molar refractivity (Wildman–Crippen MR) is 97.3 cm³/mol. The Morgan fingerprint density at radius 3 is 2.42 bits per heavy atom. The SMILES string of the molecule is O=C(O)C1CCC(NC(c2cccc(Cl)c2)C2CCCCC2)CC1. The molecule has 0 aromatic heterocycles. The lowest BCUT2D eigenvalue weighted by Gasteiger charge is -2.36. The van der Waals surface area contributed by atoms with E-state index in [9.17, 15) is 9.90 Å². The second-order valence-electron chi connectivity index (χ2n) is 7.48. The maximum absolute atomic E-state index is 11.2. The van der Waals surface area contributed by atoms with Crippen LogP contribution in [0.15, 0.2) is 24.3 Å². The van der Waals surface area contributed by atoms with Crippen molar-refractivity contribution >= 4 is 17.6 Å². The van der Waals surface area contributed by atoms with Crippen molar-refractivity contribution in [3.63, 3.8) is 0 Å². The number of nitrogens with one attached hydrogen (secondary N) is 1. The number of carbonyl (C=O) groups is 1. The minimum atomic E-state index is -0.632. The van der Waals surface area contributed by atoms with E-state index in [2.05, 4.69) is 17.4 Å². The molecular formula is C20H28ClNO2. The first kappa shape index (κ1) is 17.8. The van der Waals surface area contributed by atoms with E-state index in [0.29, 0.717) is 18.0 Å². The Labute approximate surface area is 149 Å². The zero-order valence-electron chi connectivity index (χ0n) is 14.2. The van der Waals surface area contributed by atoms with E-state index in [0.717, 1.165) is 30.7 Å². The van der Waals surface area contributed by atoms with Crippen LogP contribution in [0, 0.1) is 11.8 Å². The van der Waals surface area contributed by atoms with Crippen LogP contribution >= 0.6 is 11.6 Å². The molecular weight excluding hydrogens is 322 g/mol. The number of hydrogen-bond donors (Lipinski definition) is 2. The van der Waals surface area contributed by atoms with Gasteiger partial charge in [-0.2, -0.15) is 0 Å². The Bertz CT molecular complexity index is 548. The van der Waals surface area contributed by atoms with E-state index in [4.69, 9.17) is 11.6 Å². The number of rotatable bonds is 5. The molecule has 0 bridgehead atoms.